The molecule has 274 valence electrons. The second kappa shape index (κ2) is 14.0. The maximum atomic E-state index is 14.7. The molecule has 4 aromatic rings. The predicted octanol–water partition coefficient (Wildman–Crippen LogP) is 6.79. The number of pyridine rings is 1. The summed E-state index contributed by atoms with van der Waals surface area (Å²) in [6.45, 7) is 9.82. The predicted molar refractivity (Wildman–Crippen MR) is 178 cm³/mol. The van der Waals surface area contributed by atoms with Crippen LogP contribution in [0.1, 0.15) is 59.9 Å². The molecular weight excluding hydrogens is 679 g/mol. The van der Waals surface area contributed by atoms with Gasteiger partial charge < -0.3 is 24.7 Å². The number of anilines is 2. The van der Waals surface area contributed by atoms with E-state index < -0.39 is 53.2 Å². The monoisotopic (exact) mass is 718 g/mol. The number of carbonyl (C=O) groups excluding carboxylic acids is 2. The molecule has 2 amide bonds. The quantitative estimate of drug-likeness (QED) is 0.203. The summed E-state index contributed by atoms with van der Waals surface area (Å²) in [4.78, 5) is 46.4. The van der Waals surface area contributed by atoms with E-state index in [1.807, 2.05) is 0 Å². The van der Waals surface area contributed by atoms with Gasteiger partial charge in [-0.2, -0.15) is 4.90 Å². The normalized spacial score (nSPS) is 17.5. The molecule has 1 saturated heterocycles. The van der Waals surface area contributed by atoms with Crippen molar-refractivity contribution in [2.24, 2.45) is 5.73 Å². The first kappa shape index (κ1) is 37.3. The van der Waals surface area contributed by atoms with E-state index in [9.17, 15) is 31.5 Å². The largest absolute Gasteiger partial charge is 0.443 e. The van der Waals surface area contributed by atoms with Crippen molar-refractivity contribution in [1.82, 2.24) is 24.5 Å². The Morgan fingerprint density at radius 3 is 2.24 bits per heavy atom. The second-order valence-corrected chi connectivity index (χ2v) is 14.4. The standard InChI is InChI=1S/C34H39F5N8O4/c1-32(2,3)50-30(48)47(31(49)51-33(4,5)6)29-25-28(42-17-43-29)46(18-44-25)15-20-13-23(19-8-9-21(35)22(36)12-19)41-14-24(20)45-11-7-10-34(40,16-45)26(37)27(38)39/h8-9,12-14,17-18,26-27H,7,10-11,15-16,40H2,1-6H3. The lowest BCUT2D eigenvalue weighted by Crippen LogP contribution is -2.62. The molecular formula is C34H39F5N8O4. The number of nitrogens with zero attached hydrogens (tertiary/aromatic N) is 7. The first-order valence-corrected chi connectivity index (χ1v) is 16.1. The number of nitrogens with two attached hydrogens (primary N) is 1. The van der Waals surface area contributed by atoms with E-state index in [4.69, 9.17) is 15.2 Å². The fourth-order valence-corrected chi connectivity index (χ4v) is 5.70. The van der Waals surface area contributed by atoms with E-state index in [-0.39, 0.29) is 47.7 Å². The second-order valence-electron chi connectivity index (χ2n) is 14.4. The molecule has 17 heteroatoms. The van der Waals surface area contributed by atoms with Crippen LogP contribution in [0.15, 0.2) is 43.1 Å². The van der Waals surface area contributed by atoms with Crippen LogP contribution >= 0.6 is 0 Å². The molecule has 0 aliphatic carbocycles. The molecule has 0 radical (unpaired) electrons. The van der Waals surface area contributed by atoms with Crippen LogP contribution in [-0.2, 0) is 16.0 Å². The summed E-state index contributed by atoms with van der Waals surface area (Å²) >= 11 is 0. The van der Waals surface area contributed by atoms with Crippen molar-refractivity contribution in [2.75, 3.05) is 22.9 Å². The van der Waals surface area contributed by atoms with Crippen molar-refractivity contribution in [3.63, 3.8) is 0 Å². The van der Waals surface area contributed by atoms with E-state index in [0.717, 1.165) is 18.5 Å². The number of piperidine rings is 1. The van der Waals surface area contributed by atoms with Crippen LogP contribution in [0.2, 0.25) is 0 Å². The zero-order valence-corrected chi connectivity index (χ0v) is 29.0. The highest BCUT2D eigenvalue weighted by molar-refractivity contribution is 6.12. The summed E-state index contributed by atoms with van der Waals surface area (Å²) in [6.07, 6.45) is -3.72. The molecule has 1 aliphatic heterocycles. The Bertz CT molecular complexity index is 1900. The zero-order chi connectivity index (χ0) is 37.5. The van der Waals surface area contributed by atoms with E-state index in [2.05, 4.69) is 19.9 Å². The Kier molecular flexibility index (Phi) is 10.2. The molecule has 1 aromatic carbocycles. The van der Waals surface area contributed by atoms with E-state index in [0.29, 0.717) is 29.1 Å². The summed E-state index contributed by atoms with van der Waals surface area (Å²) in [7, 11) is 0. The third kappa shape index (κ3) is 8.35. The number of hydrogen-bond acceptors (Lipinski definition) is 10. The fourth-order valence-electron chi connectivity index (χ4n) is 5.70. The Labute approximate surface area is 290 Å². The van der Waals surface area contributed by atoms with Gasteiger partial charge in [-0.15, -0.1) is 0 Å². The lowest BCUT2D eigenvalue weighted by atomic mass is 9.85. The molecule has 4 heterocycles. The average molecular weight is 719 g/mol. The summed E-state index contributed by atoms with van der Waals surface area (Å²) in [5, 5.41) is 0. The third-order valence-electron chi connectivity index (χ3n) is 7.93. The van der Waals surface area contributed by atoms with Crippen LogP contribution in [0.5, 0.6) is 0 Å². The SMILES string of the molecule is CC(C)(C)OC(=O)N(C(=O)OC(C)(C)C)c1ncnc2c1ncn2Cc1cc(-c2ccc(F)c(F)c2)ncc1N1CCCC(N)(C(F)C(F)F)C1. The van der Waals surface area contributed by atoms with Gasteiger partial charge >= 0.3 is 12.2 Å². The minimum absolute atomic E-state index is 0.0255. The minimum atomic E-state index is -3.28. The smallest absolute Gasteiger partial charge is 0.425 e. The van der Waals surface area contributed by atoms with Gasteiger partial charge in [-0.3, -0.25) is 4.98 Å². The maximum Gasteiger partial charge on any atom is 0.425 e. The number of hydrogen-bond donors (Lipinski definition) is 1. The van der Waals surface area contributed by atoms with Crippen LogP contribution in [0, 0.1) is 11.6 Å². The van der Waals surface area contributed by atoms with Crippen LogP contribution in [0.4, 0.5) is 43.0 Å². The Hall–Kier alpha value is -4.93. The molecule has 0 saturated carbocycles. The van der Waals surface area contributed by atoms with Crippen molar-refractivity contribution < 1.29 is 41.0 Å². The van der Waals surface area contributed by atoms with Gasteiger partial charge in [0.2, 0.25) is 0 Å². The zero-order valence-electron chi connectivity index (χ0n) is 29.0. The molecule has 1 fully saturated rings. The van der Waals surface area contributed by atoms with Crippen LogP contribution in [-0.4, -0.2) is 79.1 Å². The molecule has 2 N–H and O–H groups in total. The van der Waals surface area contributed by atoms with Crippen LogP contribution in [0.25, 0.3) is 22.4 Å². The van der Waals surface area contributed by atoms with Crippen molar-refractivity contribution >= 4 is 34.9 Å². The fraction of sp³-hybridized carbons (Fsp3) is 0.471. The summed E-state index contributed by atoms with van der Waals surface area (Å²) in [5.74, 6) is -2.35. The topological polar surface area (TPSA) is 142 Å². The molecule has 0 bridgehead atoms. The number of imidazole rings is 1. The van der Waals surface area contributed by atoms with Gasteiger partial charge in [-0.05, 0) is 84.2 Å². The molecule has 1 aliphatic rings. The molecule has 2 atom stereocenters. The van der Waals surface area contributed by atoms with Crippen LogP contribution < -0.4 is 15.5 Å². The van der Waals surface area contributed by atoms with Gasteiger partial charge in [0, 0.05) is 18.7 Å². The minimum Gasteiger partial charge on any atom is -0.443 e. The van der Waals surface area contributed by atoms with Crippen molar-refractivity contribution in [2.45, 2.75) is 90.3 Å². The highest BCUT2D eigenvalue weighted by atomic mass is 19.3. The number of amides is 2. The number of ether oxygens (including phenoxy) is 2. The molecule has 3 aromatic heterocycles. The Balaban J connectivity index is 1.60. The molecule has 2 unspecified atom stereocenters. The van der Waals surface area contributed by atoms with Gasteiger partial charge in [0.05, 0.1) is 36.0 Å². The van der Waals surface area contributed by atoms with Gasteiger partial charge in [0.15, 0.2) is 34.8 Å². The molecule has 12 nitrogen and oxygen atoms in total. The van der Waals surface area contributed by atoms with E-state index >= 15 is 0 Å². The van der Waals surface area contributed by atoms with Gasteiger partial charge in [-0.1, -0.05) is 0 Å². The van der Waals surface area contributed by atoms with E-state index in [1.54, 1.807) is 57.1 Å². The van der Waals surface area contributed by atoms with Crippen molar-refractivity contribution in [1.29, 1.82) is 0 Å². The third-order valence-corrected chi connectivity index (χ3v) is 7.93. The van der Waals surface area contributed by atoms with E-state index in [1.165, 1.54) is 18.6 Å². The lowest BCUT2D eigenvalue weighted by molar-refractivity contribution is -0.000405. The average Bonchev–Trinajstić information content (AvgIpc) is 3.43. The number of halogens is 5. The maximum absolute atomic E-state index is 14.7. The molecule has 51 heavy (non-hydrogen) atoms. The van der Waals surface area contributed by atoms with Crippen molar-refractivity contribution in [3.8, 4) is 11.3 Å². The number of fused-ring (bicyclic) bond motifs is 1. The summed E-state index contributed by atoms with van der Waals surface area (Å²) in [6, 6.07) is 4.89. The van der Waals surface area contributed by atoms with Crippen molar-refractivity contribution in [3.05, 3.63) is 60.3 Å². The van der Waals surface area contributed by atoms with Gasteiger partial charge in [0.25, 0.3) is 6.43 Å². The number of alkyl halides is 3. The first-order valence-electron chi connectivity index (χ1n) is 16.1. The number of aromatic nitrogens is 5. The van der Waals surface area contributed by atoms with Crippen LogP contribution in [0.3, 0.4) is 0 Å². The molecule has 0 spiro atoms. The Morgan fingerprint density at radius 1 is 0.961 bits per heavy atom. The Morgan fingerprint density at radius 2 is 1.63 bits per heavy atom. The van der Waals surface area contributed by atoms with Gasteiger partial charge in [-0.25, -0.2) is 46.5 Å². The summed E-state index contributed by atoms with van der Waals surface area (Å²) < 4.78 is 82.3. The number of benzene rings is 1. The number of rotatable bonds is 7. The lowest BCUT2D eigenvalue weighted by Gasteiger charge is -2.43. The van der Waals surface area contributed by atoms with Gasteiger partial charge in [0.1, 0.15) is 17.5 Å². The highest BCUT2D eigenvalue weighted by Gasteiger charge is 2.45. The highest BCUT2D eigenvalue weighted by Crippen LogP contribution is 2.35. The first-order chi connectivity index (χ1) is 23.8. The number of carbonyl (C=O) groups is 2. The number of imide groups is 1. The molecule has 5 rings (SSSR count). The summed E-state index contributed by atoms with van der Waals surface area (Å²) in [5.41, 5.74) is 3.98.